The fourth-order valence-electron chi connectivity index (χ4n) is 1.21. The Balaban J connectivity index is 2.47. The van der Waals surface area contributed by atoms with Gasteiger partial charge in [0.25, 0.3) is 0 Å². The predicted molar refractivity (Wildman–Crippen MR) is 47.6 cm³/mol. The van der Waals surface area contributed by atoms with E-state index in [0.717, 1.165) is 0 Å². The van der Waals surface area contributed by atoms with Crippen molar-refractivity contribution >= 4 is 5.97 Å². The third-order valence-electron chi connectivity index (χ3n) is 1.92. The van der Waals surface area contributed by atoms with Crippen molar-refractivity contribution in [3.8, 4) is 0 Å². The van der Waals surface area contributed by atoms with Crippen LogP contribution in [0, 0.1) is 5.92 Å². The van der Waals surface area contributed by atoms with Crippen LogP contribution in [0.4, 0.5) is 0 Å². The molecule has 0 aromatic rings. The van der Waals surface area contributed by atoms with Gasteiger partial charge in [-0.05, 0) is 13.0 Å². The average molecular weight is 166 g/mol. The van der Waals surface area contributed by atoms with Gasteiger partial charge in [0.1, 0.15) is 6.10 Å². The number of carbonyl (C=O) groups excluding carboxylic acids is 1. The molecule has 66 valence electrons. The quantitative estimate of drug-likeness (QED) is 0.463. The number of allylic oxidation sites excluding steroid dienone is 3. The van der Waals surface area contributed by atoms with Gasteiger partial charge in [-0.1, -0.05) is 25.2 Å². The van der Waals surface area contributed by atoms with Crippen LogP contribution in [-0.4, -0.2) is 12.1 Å². The molecule has 0 saturated carbocycles. The molecule has 0 bridgehead atoms. The Hall–Kier alpha value is -1.05. The van der Waals surface area contributed by atoms with Gasteiger partial charge in [-0.2, -0.15) is 0 Å². The highest BCUT2D eigenvalue weighted by molar-refractivity contribution is 5.72. The maximum Gasteiger partial charge on any atom is 0.306 e. The van der Waals surface area contributed by atoms with E-state index >= 15 is 0 Å². The second kappa shape index (κ2) is 4.10. The summed E-state index contributed by atoms with van der Waals surface area (Å²) in [6, 6.07) is 0. The van der Waals surface area contributed by atoms with E-state index < -0.39 is 0 Å². The van der Waals surface area contributed by atoms with Crippen LogP contribution < -0.4 is 0 Å². The van der Waals surface area contributed by atoms with Crippen LogP contribution in [0.1, 0.15) is 20.3 Å². The molecular weight excluding hydrogens is 152 g/mol. The Morgan fingerprint density at radius 3 is 2.75 bits per heavy atom. The van der Waals surface area contributed by atoms with Crippen molar-refractivity contribution in [2.24, 2.45) is 5.92 Å². The largest absolute Gasteiger partial charge is 0.458 e. The first-order valence-corrected chi connectivity index (χ1v) is 4.23. The molecule has 1 heterocycles. The average Bonchev–Trinajstić information content (AvgIpc) is 2.31. The highest BCUT2D eigenvalue weighted by Gasteiger charge is 2.28. The number of cyclic esters (lactones) is 1. The van der Waals surface area contributed by atoms with E-state index in [1.54, 1.807) is 0 Å². The summed E-state index contributed by atoms with van der Waals surface area (Å²) in [7, 11) is 0. The Morgan fingerprint density at radius 1 is 1.50 bits per heavy atom. The second-order valence-corrected chi connectivity index (χ2v) is 3.05. The maximum atomic E-state index is 10.8. The molecule has 0 aliphatic carbocycles. The van der Waals surface area contributed by atoms with Gasteiger partial charge in [0.15, 0.2) is 0 Å². The second-order valence-electron chi connectivity index (χ2n) is 3.05. The number of hydrogen-bond acceptors (Lipinski definition) is 2. The molecule has 2 nitrogen and oxygen atoms in total. The molecule has 0 N–H and O–H groups in total. The van der Waals surface area contributed by atoms with Gasteiger partial charge in [0.05, 0.1) is 6.42 Å². The summed E-state index contributed by atoms with van der Waals surface area (Å²) in [5.74, 6) is 0.233. The fraction of sp³-hybridized carbons (Fsp3) is 0.500. The molecule has 1 fully saturated rings. The molecule has 0 aromatic carbocycles. The van der Waals surface area contributed by atoms with E-state index in [4.69, 9.17) is 4.74 Å². The van der Waals surface area contributed by atoms with E-state index in [1.807, 2.05) is 38.2 Å². The third-order valence-corrected chi connectivity index (χ3v) is 1.92. The van der Waals surface area contributed by atoms with Crippen LogP contribution in [0.5, 0.6) is 0 Å². The topological polar surface area (TPSA) is 26.3 Å². The first kappa shape index (κ1) is 9.04. The lowest BCUT2D eigenvalue weighted by atomic mass is 10.0. The lowest BCUT2D eigenvalue weighted by Gasteiger charge is -2.06. The Labute approximate surface area is 72.9 Å². The summed E-state index contributed by atoms with van der Waals surface area (Å²) >= 11 is 0. The first-order chi connectivity index (χ1) is 5.74. The minimum Gasteiger partial charge on any atom is -0.458 e. The number of esters is 1. The molecule has 0 amide bonds. The van der Waals surface area contributed by atoms with E-state index in [9.17, 15) is 4.79 Å². The zero-order chi connectivity index (χ0) is 8.97. The zero-order valence-electron chi connectivity index (χ0n) is 7.49. The summed E-state index contributed by atoms with van der Waals surface area (Å²) < 4.78 is 5.06. The number of carbonyl (C=O) groups is 1. The lowest BCUT2D eigenvalue weighted by molar-refractivity contribution is -0.140. The smallest absolute Gasteiger partial charge is 0.306 e. The predicted octanol–water partition coefficient (Wildman–Crippen LogP) is 2.07. The molecule has 1 saturated heterocycles. The Morgan fingerprint density at radius 2 is 2.25 bits per heavy atom. The van der Waals surface area contributed by atoms with Gasteiger partial charge < -0.3 is 4.74 Å². The molecule has 0 aromatic heterocycles. The van der Waals surface area contributed by atoms with Gasteiger partial charge in [-0.25, -0.2) is 0 Å². The van der Waals surface area contributed by atoms with Crippen LogP contribution in [0.25, 0.3) is 0 Å². The van der Waals surface area contributed by atoms with Crippen LogP contribution in [0.3, 0.4) is 0 Å². The van der Waals surface area contributed by atoms with Crippen LogP contribution in [-0.2, 0) is 9.53 Å². The molecule has 0 spiro atoms. The van der Waals surface area contributed by atoms with Crippen LogP contribution in [0.2, 0.25) is 0 Å². The fourth-order valence-corrected chi connectivity index (χ4v) is 1.21. The van der Waals surface area contributed by atoms with E-state index in [1.165, 1.54) is 0 Å². The van der Waals surface area contributed by atoms with Gasteiger partial charge in [-0.15, -0.1) is 0 Å². The molecule has 1 aliphatic rings. The highest BCUT2D eigenvalue weighted by atomic mass is 16.5. The lowest BCUT2D eigenvalue weighted by Crippen LogP contribution is -2.08. The molecule has 2 atom stereocenters. The number of hydrogen-bond donors (Lipinski definition) is 0. The third kappa shape index (κ3) is 2.22. The molecule has 2 unspecified atom stereocenters. The minimum atomic E-state index is -0.0855. The van der Waals surface area contributed by atoms with Crippen molar-refractivity contribution < 1.29 is 9.53 Å². The zero-order valence-corrected chi connectivity index (χ0v) is 7.49. The summed E-state index contributed by atoms with van der Waals surface area (Å²) in [5, 5.41) is 0. The highest BCUT2D eigenvalue weighted by Crippen LogP contribution is 2.22. The van der Waals surface area contributed by atoms with Crippen molar-refractivity contribution in [3.63, 3.8) is 0 Å². The van der Waals surface area contributed by atoms with Crippen molar-refractivity contribution in [2.45, 2.75) is 26.4 Å². The van der Waals surface area contributed by atoms with Crippen LogP contribution in [0.15, 0.2) is 24.3 Å². The van der Waals surface area contributed by atoms with E-state index in [-0.39, 0.29) is 12.1 Å². The van der Waals surface area contributed by atoms with Crippen molar-refractivity contribution in [2.75, 3.05) is 0 Å². The molecule has 1 aliphatic heterocycles. The van der Waals surface area contributed by atoms with E-state index in [0.29, 0.717) is 12.3 Å². The van der Waals surface area contributed by atoms with E-state index in [2.05, 4.69) is 0 Å². The summed E-state index contributed by atoms with van der Waals surface area (Å²) in [6.45, 7) is 3.98. The first-order valence-electron chi connectivity index (χ1n) is 4.23. The molecule has 2 heteroatoms. The normalized spacial score (nSPS) is 30.3. The summed E-state index contributed by atoms with van der Waals surface area (Å²) in [4.78, 5) is 10.8. The molecule has 1 rings (SSSR count). The van der Waals surface area contributed by atoms with Gasteiger partial charge >= 0.3 is 5.97 Å². The summed E-state index contributed by atoms with van der Waals surface area (Å²) in [5.41, 5.74) is 0. The molecule has 12 heavy (non-hydrogen) atoms. The van der Waals surface area contributed by atoms with Crippen molar-refractivity contribution in [1.82, 2.24) is 0 Å². The number of ether oxygens (including phenoxy) is 1. The standard InChI is InChI=1S/C10H14O2/c1-3-4-5-6-9-8(2)7-10(11)12-9/h3-6,8-9H,7H2,1-2H3. The maximum absolute atomic E-state index is 10.8. The van der Waals surface area contributed by atoms with Crippen molar-refractivity contribution in [3.05, 3.63) is 24.3 Å². The SMILES string of the molecule is CC=CC=CC1OC(=O)CC1C. The van der Waals surface area contributed by atoms with Crippen molar-refractivity contribution in [1.29, 1.82) is 0 Å². The van der Waals surface area contributed by atoms with Gasteiger partial charge in [-0.3, -0.25) is 4.79 Å². The van der Waals surface area contributed by atoms with Crippen LogP contribution >= 0.6 is 0 Å². The van der Waals surface area contributed by atoms with Gasteiger partial charge in [0, 0.05) is 5.92 Å². The number of rotatable bonds is 2. The summed E-state index contributed by atoms with van der Waals surface area (Å²) in [6.07, 6.45) is 8.24. The Kier molecular flexibility index (Phi) is 3.09. The monoisotopic (exact) mass is 166 g/mol. The Bertz CT molecular complexity index is 216. The molecule has 0 radical (unpaired) electrons. The minimum absolute atomic E-state index is 0.0197. The molecular formula is C10H14O2. The van der Waals surface area contributed by atoms with Gasteiger partial charge in [0.2, 0.25) is 0 Å².